The molecular formula is C19H22N4O4S. The smallest absolute Gasteiger partial charge is 0.325 e. The van der Waals surface area contributed by atoms with Crippen molar-refractivity contribution in [2.24, 2.45) is 4.99 Å². The number of esters is 1. The minimum absolute atomic E-state index is 0.0426. The Morgan fingerprint density at radius 3 is 2.68 bits per heavy atom. The zero-order valence-electron chi connectivity index (χ0n) is 16.3. The standard InChI is InChI=1S/C19H22N4O4S/c1-5-23-12(3)9-14(21-23)18(25)20-19-22(11-17(24)26-4)15-8-7-13(27-6-2)10-16(15)28-19/h7-10H,5-6,11H2,1-4H3. The lowest BCUT2D eigenvalue weighted by Gasteiger charge is -2.05. The second kappa shape index (κ2) is 8.39. The molecule has 9 heteroatoms. The fraction of sp³-hybridized carbons (Fsp3) is 0.368. The van der Waals surface area contributed by atoms with Crippen LogP contribution in [0.25, 0.3) is 10.2 Å². The van der Waals surface area contributed by atoms with E-state index < -0.39 is 11.9 Å². The quantitative estimate of drug-likeness (QED) is 0.591. The molecule has 0 aliphatic carbocycles. The first-order chi connectivity index (χ1) is 13.5. The van der Waals surface area contributed by atoms with Crippen LogP contribution in [0.5, 0.6) is 5.75 Å². The maximum absolute atomic E-state index is 12.7. The van der Waals surface area contributed by atoms with Gasteiger partial charge in [0.15, 0.2) is 10.5 Å². The van der Waals surface area contributed by atoms with Crippen molar-refractivity contribution >= 4 is 33.4 Å². The number of methoxy groups -OCH3 is 1. The molecule has 1 amide bonds. The van der Waals surface area contributed by atoms with Gasteiger partial charge in [-0.2, -0.15) is 10.1 Å². The largest absolute Gasteiger partial charge is 0.494 e. The van der Waals surface area contributed by atoms with E-state index in [1.165, 1.54) is 18.4 Å². The van der Waals surface area contributed by atoms with Crippen LogP contribution in [-0.4, -0.2) is 39.9 Å². The number of hydrogen-bond acceptors (Lipinski definition) is 6. The Balaban J connectivity index is 2.10. The number of fused-ring (bicyclic) bond motifs is 1. The minimum atomic E-state index is -0.453. The lowest BCUT2D eigenvalue weighted by molar-refractivity contribution is -0.141. The van der Waals surface area contributed by atoms with Crippen molar-refractivity contribution in [3.05, 3.63) is 40.5 Å². The summed E-state index contributed by atoms with van der Waals surface area (Å²) in [4.78, 5) is 29.2. The molecule has 28 heavy (non-hydrogen) atoms. The molecule has 2 aromatic heterocycles. The monoisotopic (exact) mass is 402 g/mol. The average molecular weight is 402 g/mol. The summed E-state index contributed by atoms with van der Waals surface area (Å²) in [6, 6.07) is 7.25. The molecule has 0 N–H and O–H groups in total. The van der Waals surface area contributed by atoms with E-state index in [2.05, 4.69) is 10.1 Å². The van der Waals surface area contributed by atoms with Gasteiger partial charge in [0.2, 0.25) is 0 Å². The summed E-state index contributed by atoms with van der Waals surface area (Å²) >= 11 is 1.31. The zero-order chi connectivity index (χ0) is 20.3. The first-order valence-corrected chi connectivity index (χ1v) is 9.75. The number of carbonyl (C=O) groups is 2. The van der Waals surface area contributed by atoms with Gasteiger partial charge in [-0.25, -0.2) is 0 Å². The fourth-order valence-electron chi connectivity index (χ4n) is 2.82. The van der Waals surface area contributed by atoms with Gasteiger partial charge in [0, 0.05) is 12.2 Å². The van der Waals surface area contributed by atoms with Crippen molar-refractivity contribution in [2.75, 3.05) is 13.7 Å². The second-order valence-electron chi connectivity index (χ2n) is 6.01. The van der Waals surface area contributed by atoms with Crippen LogP contribution in [0, 0.1) is 6.92 Å². The number of carbonyl (C=O) groups excluding carboxylic acids is 2. The van der Waals surface area contributed by atoms with E-state index in [1.54, 1.807) is 15.3 Å². The molecule has 0 spiro atoms. The second-order valence-corrected chi connectivity index (χ2v) is 7.02. The van der Waals surface area contributed by atoms with Gasteiger partial charge in [0.05, 0.1) is 23.9 Å². The third kappa shape index (κ3) is 3.99. The molecular weight excluding hydrogens is 380 g/mol. The third-order valence-electron chi connectivity index (χ3n) is 4.18. The van der Waals surface area contributed by atoms with Gasteiger partial charge in [-0.3, -0.25) is 14.3 Å². The highest BCUT2D eigenvalue weighted by atomic mass is 32.1. The van der Waals surface area contributed by atoms with E-state index in [1.807, 2.05) is 39.0 Å². The number of amides is 1. The predicted molar refractivity (Wildman–Crippen MR) is 106 cm³/mol. The highest BCUT2D eigenvalue weighted by Crippen LogP contribution is 2.23. The summed E-state index contributed by atoms with van der Waals surface area (Å²) in [5.41, 5.74) is 1.94. The third-order valence-corrected chi connectivity index (χ3v) is 5.22. The summed E-state index contributed by atoms with van der Waals surface area (Å²) in [6.07, 6.45) is 0. The normalized spacial score (nSPS) is 11.8. The number of aromatic nitrogens is 3. The molecule has 0 atom stereocenters. The fourth-order valence-corrected chi connectivity index (χ4v) is 3.88. The topological polar surface area (TPSA) is 87.7 Å². The van der Waals surface area contributed by atoms with E-state index in [0.29, 0.717) is 18.0 Å². The Kier molecular flexibility index (Phi) is 5.93. The highest BCUT2D eigenvalue weighted by molar-refractivity contribution is 7.16. The number of hydrogen-bond donors (Lipinski definition) is 0. The Bertz CT molecular complexity index is 1090. The first-order valence-electron chi connectivity index (χ1n) is 8.93. The number of rotatable bonds is 6. The van der Waals surface area contributed by atoms with Crippen LogP contribution in [0.3, 0.4) is 0 Å². The molecule has 8 nitrogen and oxygen atoms in total. The van der Waals surface area contributed by atoms with Gasteiger partial charge in [-0.15, -0.1) is 0 Å². The van der Waals surface area contributed by atoms with Gasteiger partial charge < -0.3 is 14.0 Å². The zero-order valence-corrected chi connectivity index (χ0v) is 17.1. The number of nitrogens with zero attached hydrogens (tertiary/aromatic N) is 4. The van der Waals surface area contributed by atoms with Gasteiger partial charge >= 0.3 is 5.97 Å². The lowest BCUT2D eigenvalue weighted by Crippen LogP contribution is -2.22. The molecule has 2 heterocycles. The molecule has 0 unspecified atom stereocenters. The first kappa shape index (κ1) is 19.8. The SMILES string of the molecule is CCOc1ccc2c(c1)sc(=NC(=O)c1cc(C)n(CC)n1)n2CC(=O)OC. The van der Waals surface area contributed by atoms with Crippen molar-refractivity contribution in [3.63, 3.8) is 0 Å². The van der Waals surface area contributed by atoms with E-state index in [9.17, 15) is 9.59 Å². The van der Waals surface area contributed by atoms with E-state index >= 15 is 0 Å². The van der Waals surface area contributed by atoms with Gasteiger partial charge in [0.1, 0.15) is 12.3 Å². The maximum atomic E-state index is 12.7. The summed E-state index contributed by atoms with van der Waals surface area (Å²) in [5, 5.41) is 4.28. The van der Waals surface area contributed by atoms with Gasteiger partial charge in [0.25, 0.3) is 5.91 Å². The predicted octanol–water partition coefficient (Wildman–Crippen LogP) is 2.54. The van der Waals surface area contributed by atoms with Crippen molar-refractivity contribution < 1.29 is 19.1 Å². The molecule has 3 rings (SSSR count). The van der Waals surface area contributed by atoms with Gasteiger partial charge in [-0.05, 0) is 45.0 Å². The molecule has 1 aromatic carbocycles. The van der Waals surface area contributed by atoms with Crippen LogP contribution in [0.15, 0.2) is 29.3 Å². The number of ether oxygens (including phenoxy) is 2. The number of thiazole rings is 1. The van der Waals surface area contributed by atoms with Crippen LogP contribution < -0.4 is 9.54 Å². The molecule has 0 fully saturated rings. The Morgan fingerprint density at radius 2 is 2.04 bits per heavy atom. The molecule has 0 radical (unpaired) electrons. The molecule has 148 valence electrons. The molecule has 3 aromatic rings. The van der Waals surface area contributed by atoms with Crippen LogP contribution in [0.2, 0.25) is 0 Å². The van der Waals surface area contributed by atoms with Crippen LogP contribution in [-0.2, 0) is 22.6 Å². The van der Waals surface area contributed by atoms with E-state index in [0.717, 1.165) is 21.7 Å². The molecule has 0 aliphatic rings. The summed E-state index contributed by atoms with van der Waals surface area (Å²) in [7, 11) is 1.33. The highest BCUT2D eigenvalue weighted by Gasteiger charge is 2.15. The Labute approximate surface area is 166 Å². The summed E-state index contributed by atoms with van der Waals surface area (Å²) in [6.45, 7) is 6.93. The Morgan fingerprint density at radius 1 is 1.25 bits per heavy atom. The number of benzene rings is 1. The Hall–Kier alpha value is -2.94. The van der Waals surface area contributed by atoms with Gasteiger partial charge in [-0.1, -0.05) is 11.3 Å². The molecule has 0 bridgehead atoms. The lowest BCUT2D eigenvalue weighted by atomic mass is 10.3. The summed E-state index contributed by atoms with van der Waals surface area (Å²) < 4.78 is 14.6. The van der Waals surface area contributed by atoms with Crippen LogP contribution >= 0.6 is 11.3 Å². The van der Waals surface area contributed by atoms with Crippen molar-refractivity contribution in [1.82, 2.24) is 14.3 Å². The molecule has 0 saturated heterocycles. The van der Waals surface area contributed by atoms with E-state index in [4.69, 9.17) is 9.47 Å². The maximum Gasteiger partial charge on any atom is 0.325 e. The van der Waals surface area contributed by atoms with E-state index in [-0.39, 0.29) is 12.2 Å². The molecule has 0 saturated carbocycles. The van der Waals surface area contributed by atoms with Crippen LogP contribution in [0.4, 0.5) is 0 Å². The van der Waals surface area contributed by atoms with Crippen LogP contribution in [0.1, 0.15) is 30.0 Å². The van der Waals surface area contributed by atoms with Crippen molar-refractivity contribution in [1.29, 1.82) is 0 Å². The van der Waals surface area contributed by atoms with Crippen molar-refractivity contribution in [3.8, 4) is 5.75 Å². The number of aryl methyl sites for hydroxylation is 2. The average Bonchev–Trinajstić information content (AvgIpc) is 3.22. The molecule has 0 aliphatic heterocycles. The minimum Gasteiger partial charge on any atom is -0.494 e. The summed E-state index contributed by atoms with van der Waals surface area (Å²) in [5.74, 6) is -0.157. The van der Waals surface area contributed by atoms with Crippen molar-refractivity contribution in [2.45, 2.75) is 33.9 Å².